The fraction of sp³-hybridized carbons (Fsp3) is 0.120. The summed E-state index contributed by atoms with van der Waals surface area (Å²) in [6, 6.07) is 27.9. The topological polar surface area (TPSA) is 45.2 Å². The number of pyridine rings is 1. The second kappa shape index (κ2) is 8.57. The van der Waals surface area contributed by atoms with Crippen LogP contribution in [0, 0.1) is 0 Å². The van der Waals surface area contributed by atoms with E-state index in [0.717, 1.165) is 29.6 Å². The first-order valence-electron chi connectivity index (χ1n) is 9.70. The molecule has 0 unspecified atom stereocenters. The number of fused-ring (bicyclic) bond motifs is 1. The molecule has 0 saturated carbocycles. The monoisotopic (exact) mass is 381 g/mol. The maximum atomic E-state index is 12.6. The van der Waals surface area contributed by atoms with Crippen molar-refractivity contribution in [2.45, 2.75) is 6.42 Å². The normalized spacial score (nSPS) is 10.7. The first kappa shape index (κ1) is 18.7. The van der Waals surface area contributed by atoms with Crippen molar-refractivity contribution in [1.29, 1.82) is 0 Å². The van der Waals surface area contributed by atoms with E-state index >= 15 is 0 Å². The molecule has 1 aromatic heterocycles. The van der Waals surface area contributed by atoms with Gasteiger partial charge in [-0.15, -0.1) is 0 Å². The van der Waals surface area contributed by atoms with Gasteiger partial charge in [-0.05, 0) is 48.4 Å². The molecule has 29 heavy (non-hydrogen) atoms. The van der Waals surface area contributed by atoms with Crippen LogP contribution in [0.2, 0.25) is 0 Å². The van der Waals surface area contributed by atoms with Gasteiger partial charge in [0, 0.05) is 30.2 Å². The van der Waals surface area contributed by atoms with Gasteiger partial charge in [0.1, 0.15) is 0 Å². The number of benzene rings is 3. The van der Waals surface area contributed by atoms with Crippen LogP contribution in [0.3, 0.4) is 0 Å². The Morgan fingerprint density at radius 1 is 0.931 bits per heavy atom. The summed E-state index contributed by atoms with van der Waals surface area (Å²) in [6.45, 7) is 0.915. The van der Waals surface area contributed by atoms with Crippen molar-refractivity contribution in [1.82, 2.24) is 4.98 Å². The van der Waals surface area contributed by atoms with Crippen LogP contribution in [0.25, 0.3) is 10.9 Å². The maximum absolute atomic E-state index is 12.6. The van der Waals surface area contributed by atoms with E-state index in [1.54, 1.807) is 6.20 Å². The molecule has 4 nitrogen and oxygen atoms in total. The van der Waals surface area contributed by atoms with Crippen molar-refractivity contribution in [3.8, 4) is 0 Å². The second-order valence-corrected chi connectivity index (χ2v) is 7.07. The number of carbonyl (C=O) groups excluding carboxylic acids is 1. The lowest BCUT2D eigenvalue weighted by molar-refractivity contribution is 0.102. The smallest absolute Gasteiger partial charge is 0.255 e. The average molecular weight is 381 g/mol. The van der Waals surface area contributed by atoms with Gasteiger partial charge in [-0.2, -0.15) is 0 Å². The molecule has 3 aromatic carbocycles. The highest BCUT2D eigenvalue weighted by Gasteiger charge is 2.08. The summed E-state index contributed by atoms with van der Waals surface area (Å²) in [6.07, 6.45) is 2.67. The number of nitrogens with zero attached hydrogens (tertiary/aromatic N) is 2. The third kappa shape index (κ3) is 4.61. The van der Waals surface area contributed by atoms with Crippen LogP contribution in [0.4, 0.5) is 11.4 Å². The van der Waals surface area contributed by atoms with Gasteiger partial charge in [0.05, 0.1) is 17.4 Å². The molecule has 1 N–H and O–H groups in total. The quantitative estimate of drug-likeness (QED) is 0.501. The van der Waals surface area contributed by atoms with Crippen LogP contribution in [-0.2, 0) is 6.42 Å². The predicted molar refractivity (Wildman–Crippen MR) is 120 cm³/mol. The van der Waals surface area contributed by atoms with E-state index in [4.69, 9.17) is 0 Å². The Kier molecular flexibility index (Phi) is 5.52. The predicted octanol–water partition coefficient (Wildman–Crippen LogP) is 5.17. The zero-order valence-corrected chi connectivity index (χ0v) is 16.4. The van der Waals surface area contributed by atoms with Gasteiger partial charge in [0.25, 0.3) is 5.91 Å². The summed E-state index contributed by atoms with van der Waals surface area (Å²) >= 11 is 0. The molecular weight excluding hydrogens is 358 g/mol. The number of amides is 1. The van der Waals surface area contributed by atoms with Gasteiger partial charge in [-0.25, -0.2) is 0 Å². The lowest BCUT2D eigenvalue weighted by atomic mass is 10.1. The van der Waals surface area contributed by atoms with Crippen molar-refractivity contribution in [3.63, 3.8) is 0 Å². The van der Waals surface area contributed by atoms with Crippen LogP contribution in [0.15, 0.2) is 91.1 Å². The van der Waals surface area contributed by atoms with E-state index in [1.165, 1.54) is 5.56 Å². The number of nitrogens with one attached hydrogen (secondary N) is 1. The zero-order chi connectivity index (χ0) is 20.1. The Hall–Kier alpha value is -3.66. The van der Waals surface area contributed by atoms with Crippen molar-refractivity contribution < 1.29 is 4.79 Å². The molecule has 0 radical (unpaired) electrons. The maximum Gasteiger partial charge on any atom is 0.255 e. The Balaban J connectivity index is 1.39. The van der Waals surface area contributed by atoms with Crippen LogP contribution in [0.1, 0.15) is 15.9 Å². The number of hydrogen-bond donors (Lipinski definition) is 1. The minimum Gasteiger partial charge on any atom is -0.374 e. The van der Waals surface area contributed by atoms with E-state index in [1.807, 2.05) is 60.7 Å². The summed E-state index contributed by atoms with van der Waals surface area (Å²) in [5.41, 5.74) is 4.63. The molecule has 4 rings (SSSR count). The Labute approximate surface area is 170 Å². The minimum absolute atomic E-state index is 0.138. The van der Waals surface area contributed by atoms with E-state index in [9.17, 15) is 4.79 Å². The summed E-state index contributed by atoms with van der Waals surface area (Å²) < 4.78 is 0. The minimum atomic E-state index is -0.138. The molecule has 0 aliphatic carbocycles. The van der Waals surface area contributed by atoms with Crippen LogP contribution in [-0.4, -0.2) is 24.5 Å². The highest BCUT2D eigenvalue weighted by Crippen LogP contribution is 2.18. The van der Waals surface area contributed by atoms with Crippen molar-refractivity contribution in [2.75, 3.05) is 23.8 Å². The number of hydrogen-bond acceptors (Lipinski definition) is 3. The van der Waals surface area contributed by atoms with E-state index in [0.29, 0.717) is 11.3 Å². The lowest BCUT2D eigenvalue weighted by Crippen LogP contribution is -2.20. The van der Waals surface area contributed by atoms with Crippen molar-refractivity contribution in [3.05, 3.63) is 102 Å². The number of likely N-dealkylation sites (N-methyl/N-ethyl adjacent to an activating group) is 1. The third-order valence-electron chi connectivity index (χ3n) is 5.00. The van der Waals surface area contributed by atoms with Gasteiger partial charge in [0.2, 0.25) is 0 Å². The van der Waals surface area contributed by atoms with Gasteiger partial charge < -0.3 is 10.2 Å². The molecule has 0 spiro atoms. The average Bonchev–Trinajstić information content (AvgIpc) is 2.78. The highest BCUT2D eigenvalue weighted by molar-refractivity contribution is 6.05. The molecule has 1 amide bonds. The van der Waals surface area contributed by atoms with Crippen molar-refractivity contribution >= 4 is 28.2 Å². The first-order valence-corrected chi connectivity index (χ1v) is 9.70. The summed E-state index contributed by atoms with van der Waals surface area (Å²) in [7, 11) is 2.07. The molecule has 4 heteroatoms. The number of rotatable bonds is 6. The van der Waals surface area contributed by atoms with Gasteiger partial charge in [-0.3, -0.25) is 9.78 Å². The molecule has 4 aromatic rings. The number of para-hydroxylation sites is 1. The number of anilines is 2. The second-order valence-electron chi connectivity index (χ2n) is 7.07. The van der Waals surface area contributed by atoms with Gasteiger partial charge >= 0.3 is 0 Å². The Morgan fingerprint density at radius 2 is 1.66 bits per heavy atom. The standard InChI is InChI=1S/C25H23N3O/c1-28(16-15-19-7-3-2-4-8-19)23-13-11-20(12-14-23)25(29)27-22-17-21-9-5-6-10-24(21)26-18-22/h2-14,17-18H,15-16H2,1H3,(H,27,29). The molecule has 0 aliphatic heterocycles. The Morgan fingerprint density at radius 3 is 2.45 bits per heavy atom. The summed E-state index contributed by atoms with van der Waals surface area (Å²) in [5, 5.41) is 3.93. The highest BCUT2D eigenvalue weighted by atomic mass is 16.1. The SMILES string of the molecule is CN(CCc1ccccc1)c1ccc(C(=O)Nc2cnc3ccccc3c2)cc1. The molecule has 1 heterocycles. The molecule has 0 fully saturated rings. The largest absolute Gasteiger partial charge is 0.374 e. The number of carbonyl (C=O) groups is 1. The number of aromatic nitrogens is 1. The lowest BCUT2D eigenvalue weighted by Gasteiger charge is -2.19. The van der Waals surface area contributed by atoms with E-state index < -0.39 is 0 Å². The van der Waals surface area contributed by atoms with Crippen LogP contribution >= 0.6 is 0 Å². The van der Waals surface area contributed by atoms with Crippen LogP contribution < -0.4 is 10.2 Å². The molecule has 0 bridgehead atoms. The molecule has 0 saturated heterocycles. The molecule has 0 aliphatic rings. The van der Waals surface area contributed by atoms with Gasteiger partial charge in [-0.1, -0.05) is 48.5 Å². The van der Waals surface area contributed by atoms with E-state index in [2.05, 4.69) is 46.5 Å². The van der Waals surface area contributed by atoms with Crippen LogP contribution in [0.5, 0.6) is 0 Å². The fourth-order valence-corrected chi connectivity index (χ4v) is 3.28. The Bertz CT molecular complexity index is 1110. The first-order chi connectivity index (χ1) is 14.2. The zero-order valence-electron chi connectivity index (χ0n) is 16.4. The fourth-order valence-electron chi connectivity index (χ4n) is 3.28. The third-order valence-corrected chi connectivity index (χ3v) is 5.00. The molecular formula is C25H23N3O. The van der Waals surface area contributed by atoms with Gasteiger partial charge in [0.15, 0.2) is 0 Å². The van der Waals surface area contributed by atoms with E-state index in [-0.39, 0.29) is 5.91 Å². The summed E-state index contributed by atoms with van der Waals surface area (Å²) in [5.74, 6) is -0.138. The summed E-state index contributed by atoms with van der Waals surface area (Å²) in [4.78, 5) is 19.2. The molecule has 0 atom stereocenters. The van der Waals surface area contributed by atoms with Crippen molar-refractivity contribution in [2.24, 2.45) is 0 Å². The molecule has 144 valence electrons.